The van der Waals surface area contributed by atoms with Crippen LogP contribution in [-0.2, 0) is 9.53 Å². The molecule has 1 aromatic carbocycles. The van der Waals surface area contributed by atoms with E-state index in [1.807, 2.05) is 36.4 Å². The van der Waals surface area contributed by atoms with Crippen molar-refractivity contribution in [2.45, 2.75) is 0 Å². The highest BCUT2D eigenvalue weighted by molar-refractivity contribution is 5.87. The van der Waals surface area contributed by atoms with E-state index in [1.165, 1.54) is 13.2 Å². The van der Waals surface area contributed by atoms with Crippen molar-refractivity contribution < 1.29 is 9.53 Å². The summed E-state index contributed by atoms with van der Waals surface area (Å²) in [4.78, 5) is 19.1. The Labute approximate surface area is 117 Å². The maximum Gasteiger partial charge on any atom is 0.330 e. The molecule has 0 fully saturated rings. The third-order valence-corrected chi connectivity index (χ3v) is 2.58. The van der Waals surface area contributed by atoms with Crippen LogP contribution in [0.25, 0.3) is 18.2 Å². The molecular formula is C16H14N2O2. The number of ether oxygens (including phenoxy) is 1. The van der Waals surface area contributed by atoms with Gasteiger partial charge in [0.25, 0.3) is 0 Å². The number of benzene rings is 1. The van der Waals surface area contributed by atoms with Crippen molar-refractivity contribution >= 4 is 24.2 Å². The first-order chi connectivity index (χ1) is 9.78. The van der Waals surface area contributed by atoms with Crippen LogP contribution in [0.5, 0.6) is 0 Å². The molecule has 0 aliphatic carbocycles. The number of nitrogens with zero attached hydrogens (tertiary/aromatic N) is 2. The average molecular weight is 266 g/mol. The number of carbonyl (C=O) groups excluding carboxylic acids is 1. The second kappa shape index (κ2) is 6.99. The van der Waals surface area contributed by atoms with Gasteiger partial charge in [-0.1, -0.05) is 30.3 Å². The van der Waals surface area contributed by atoms with Crippen molar-refractivity contribution in [3.63, 3.8) is 0 Å². The summed E-state index contributed by atoms with van der Waals surface area (Å²) in [5.74, 6) is -0.364. The molecule has 0 bridgehead atoms. The minimum atomic E-state index is -0.364. The van der Waals surface area contributed by atoms with Crippen LogP contribution in [0.4, 0.5) is 0 Å². The van der Waals surface area contributed by atoms with Gasteiger partial charge < -0.3 is 4.74 Å². The van der Waals surface area contributed by atoms with Crippen LogP contribution < -0.4 is 0 Å². The zero-order valence-corrected chi connectivity index (χ0v) is 11.1. The second-order valence-corrected chi connectivity index (χ2v) is 3.99. The van der Waals surface area contributed by atoms with Gasteiger partial charge in [0.05, 0.1) is 19.0 Å². The molecule has 4 nitrogen and oxygen atoms in total. The Morgan fingerprint density at radius 2 is 1.75 bits per heavy atom. The molecule has 1 aromatic heterocycles. The van der Waals surface area contributed by atoms with Gasteiger partial charge in [0.2, 0.25) is 0 Å². The van der Waals surface area contributed by atoms with Crippen molar-refractivity contribution in [1.82, 2.24) is 9.97 Å². The molecule has 20 heavy (non-hydrogen) atoms. The monoisotopic (exact) mass is 266 g/mol. The molecule has 1 heterocycles. The molecular weight excluding hydrogens is 252 g/mol. The van der Waals surface area contributed by atoms with Gasteiger partial charge in [-0.05, 0) is 23.3 Å². The number of aromatic nitrogens is 2. The van der Waals surface area contributed by atoms with Gasteiger partial charge in [0.15, 0.2) is 0 Å². The Morgan fingerprint density at radius 1 is 1.05 bits per heavy atom. The molecule has 0 aliphatic rings. The number of hydrogen-bond acceptors (Lipinski definition) is 4. The standard InChI is InChI=1S/C16H14N2O2/c1-20-16(19)9-7-14-4-2-13(3-5-14)6-8-15-12-17-10-11-18-15/h2-12H,1H3. The summed E-state index contributed by atoms with van der Waals surface area (Å²) < 4.78 is 4.53. The van der Waals surface area contributed by atoms with Crippen LogP contribution in [0.2, 0.25) is 0 Å². The van der Waals surface area contributed by atoms with E-state index in [4.69, 9.17) is 0 Å². The molecule has 0 amide bonds. The molecule has 0 unspecified atom stereocenters. The lowest BCUT2D eigenvalue weighted by atomic mass is 10.1. The second-order valence-electron chi connectivity index (χ2n) is 3.99. The van der Waals surface area contributed by atoms with Crippen LogP contribution in [0.1, 0.15) is 16.8 Å². The lowest BCUT2D eigenvalue weighted by molar-refractivity contribution is -0.134. The smallest absolute Gasteiger partial charge is 0.330 e. The fraction of sp³-hybridized carbons (Fsp3) is 0.0625. The topological polar surface area (TPSA) is 52.1 Å². The zero-order valence-electron chi connectivity index (χ0n) is 11.1. The summed E-state index contributed by atoms with van der Waals surface area (Å²) in [7, 11) is 1.35. The third kappa shape index (κ3) is 4.17. The van der Waals surface area contributed by atoms with E-state index in [9.17, 15) is 4.79 Å². The lowest BCUT2D eigenvalue weighted by Crippen LogP contribution is -1.93. The van der Waals surface area contributed by atoms with Crippen molar-refractivity contribution in [3.05, 3.63) is 65.8 Å². The van der Waals surface area contributed by atoms with Crippen LogP contribution in [0.3, 0.4) is 0 Å². The number of methoxy groups -OCH3 is 1. The predicted octanol–water partition coefficient (Wildman–Crippen LogP) is 2.83. The Balaban J connectivity index is 2.03. The molecule has 100 valence electrons. The third-order valence-electron chi connectivity index (χ3n) is 2.58. The molecule has 0 saturated carbocycles. The van der Waals surface area contributed by atoms with Crippen molar-refractivity contribution in [2.24, 2.45) is 0 Å². The maximum atomic E-state index is 11.0. The fourth-order valence-corrected chi connectivity index (χ4v) is 1.53. The number of esters is 1. The maximum absolute atomic E-state index is 11.0. The summed E-state index contributed by atoms with van der Waals surface area (Å²) in [5, 5.41) is 0. The van der Waals surface area contributed by atoms with Crippen molar-refractivity contribution in [1.29, 1.82) is 0 Å². The number of hydrogen-bond donors (Lipinski definition) is 0. The summed E-state index contributed by atoms with van der Waals surface area (Å²) in [6.45, 7) is 0. The van der Waals surface area contributed by atoms with Gasteiger partial charge >= 0.3 is 5.97 Å². The first-order valence-corrected chi connectivity index (χ1v) is 6.08. The Hall–Kier alpha value is -2.75. The Kier molecular flexibility index (Phi) is 4.78. The summed E-state index contributed by atoms with van der Waals surface area (Å²) in [6.07, 6.45) is 11.9. The van der Waals surface area contributed by atoms with Crippen molar-refractivity contribution in [2.75, 3.05) is 7.11 Å². The van der Waals surface area contributed by atoms with Crippen LogP contribution in [0, 0.1) is 0 Å². The Bertz CT molecular complexity index is 617. The largest absolute Gasteiger partial charge is 0.466 e. The van der Waals surface area contributed by atoms with Crippen LogP contribution in [0.15, 0.2) is 48.9 Å². The molecule has 0 N–H and O–H groups in total. The van der Waals surface area contributed by atoms with Gasteiger partial charge in [-0.15, -0.1) is 0 Å². The first-order valence-electron chi connectivity index (χ1n) is 6.08. The minimum Gasteiger partial charge on any atom is -0.466 e. The molecule has 0 atom stereocenters. The molecule has 4 heteroatoms. The van der Waals surface area contributed by atoms with Gasteiger partial charge in [0, 0.05) is 18.5 Å². The molecule has 0 aliphatic heterocycles. The van der Waals surface area contributed by atoms with E-state index in [-0.39, 0.29) is 5.97 Å². The van der Waals surface area contributed by atoms with Gasteiger partial charge in [-0.25, -0.2) is 4.79 Å². The highest BCUT2D eigenvalue weighted by Crippen LogP contribution is 2.09. The molecule has 0 spiro atoms. The molecule has 2 aromatic rings. The summed E-state index contributed by atoms with van der Waals surface area (Å²) >= 11 is 0. The Morgan fingerprint density at radius 3 is 2.35 bits per heavy atom. The summed E-state index contributed by atoms with van der Waals surface area (Å²) in [6, 6.07) is 7.78. The van der Waals surface area contributed by atoms with E-state index in [0.29, 0.717) is 0 Å². The van der Waals surface area contributed by atoms with Crippen LogP contribution >= 0.6 is 0 Å². The molecule has 0 radical (unpaired) electrons. The molecule has 2 rings (SSSR count). The zero-order chi connectivity index (χ0) is 14.2. The SMILES string of the molecule is COC(=O)C=Cc1ccc(C=Cc2cnccn2)cc1. The van der Waals surface area contributed by atoms with Gasteiger partial charge in [0.1, 0.15) is 0 Å². The van der Waals surface area contributed by atoms with E-state index in [0.717, 1.165) is 16.8 Å². The number of rotatable bonds is 4. The van der Waals surface area contributed by atoms with Crippen molar-refractivity contribution in [3.8, 4) is 0 Å². The van der Waals surface area contributed by atoms with Crippen LogP contribution in [-0.4, -0.2) is 23.0 Å². The predicted molar refractivity (Wildman–Crippen MR) is 78.5 cm³/mol. The highest BCUT2D eigenvalue weighted by Gasteiger charge is 1.93. The van der Waals surface area contributed by atoms with E-state index in [2.05, 4.69) is 14.7 Å². The lowest BCUT2D eigenvalue weighted by Gasteiger charge is -1.96. The normalized spacial score (nSPS) is 11.1. The summed E-state index contributed by atoms with van der Waals surface area (Å²) in [5.41, 5.74) is 2.79. The quantitative estimate of drug-likeness (QED) is 0.630. The molecule has 0 saturated heterocycles. The average Bonchev–Trinajstić information content (AvgIpc) is 2.52. The first kappa shape index (κ1) is 13.7. The van der Waals surface area contributed by atoms with E-state index >= 15 is 0 Å². The van der Waals surface area contributed by atoms with E-state index < -0.39 is 0 Å². The fourth-order valence-electron chi connectivity index (χ4n) is 1.53. The van der Waals surface area contributed by atoms with E-state index in [1.54, 1.807) is 24.7 Å². The number of carbonyl (C=O) groups is 1. The van der Waals surface area contributed by atoms with Gasteiger partial charge in [-0.3, -0.25) is 9.97 Å². The highest BCUT2D eigenvalue weighted by atomic mass is 16.5. The van der Waals surface area contributed by atoms with Gasteiger partial charge in [-0.2, -0.15) is 0 Å². The minimum absolute atomic E-state index is 0.364.